The van der Waals surface area contributed by atoms with Gasteiger partial charge in [-0.15, -0.1) is 0 Å². The summed E-state index contributed by atoms with van der Waals surface area (Å²) >= 11 is 0. The molecule has 0 aromatic carbocycles. The van der Waals surface area contributed by atoms with E-state index in [1.54, 1.807) is 0 Å². The van der Waals surface area contributed by atoms with Gasteiger partial charge in [-0.05, 0) is 37.8 Å². The van der Waals surface area contributed by atoms with Gasteiger partial charge < -0.3 is 10.2 Å². The molecule has 2 fully saturated rings. The van der Waals surface area contributed by atoms with E-state index in [0.29, 0.717) is 11.8 Å². The number of likely N-dealkylation sites (tertiary alicyclic amines) is 1. The molecule has 2 rings (SSSR count). The third-order valence-electron chi connectivity index (χ3n) is 4.05. The number of hydrogen-bond acceptors (Lipinski definition) is 2. The topological polar surface area (TPSA) is 32.3 Å². The van der Waals surface area contributed by atoms with E-state index in [2.05, 4.69) is 17.1 Å². The molecule has 2 saturated heterocycles. The molecular weight excluding hydrogens is 188 g/mol. The molecule has 0 aliphatic carbocycles. The number of carbonyl (C=O) groups is 1. The van der Waals surface area contributed by atoms with Crippen LogP contribution in [-0.4, -0.2) is 37.0 Å². The lowest BCUT2D eigenvalue weighted by Gasteiger charge is -2.35. The molecule has 3 heteroatoms. The van der Waals surface area contributed by atoms with Crippen molar-refractivity contribution in [3.8, 4) is 0 Å². The lowest BCUT2D eigenvalue weighted by atomic mass is 9.88. The Bertz CT molecular complexity index is 242. The van der Waals surface area contributed by atoms with Crippen LogP contribution in [0, 0.1) is 17.8 Å². The Morgan fingerprint density at radius 2 is 2.20 bits per heavy atom. The monoisotopic (exact) mass is 210 g/mol. The van der Waals surface area contributed by atoms with Gasteiger partial charge in [0.05, 0.1) is 0 Å². The molecule has 0 saturated carbocycles. The van der Waals surface area contributed by atoms with Crippen LogP contribution in [0.25, 0.3) is 0 Å². The first-order chi connectivity index (χ1) is 7.22. The predicted octanol–water partition coefficient (Wildman–Crippen LogP) is 1.10. The zero-order valence-corrected chi connectivity index (χ0v) is 9.83. The Labute approximate surface area is 92.2 Å². The van der Waals surface area contributed by atoms with Crippen LogP contribution in [0.1, 0.15) is 26.7 Å². The lowest BCUT2D eigenvalue weighted by Crippen LogP contribution is -2.45. The fraction of sp³-hybridized carbons (Fsp3) is 0.917. The first kappa shape index (κ1) is 10.9. The first-order valence-electron chi connectivity index (χ1n) is 6.22. The van der Waals surface area contributed by atoms with E-state index in [1.807, 2.05) is 6.92 Å². The summed E-state index contributed by atoms with van der Waals surface area (Å²) < 4.78 is 0. The second-order valence-electron chi connectivity index (χ2n) is 5.06. The van der Waals surface area contributed by atoms with E-state index in [1.165, 1.54) is 6.42 Å². The summed E-state index contributed by atoms with van der Waals surface area (Å²) in [6, 6.07) is 0. The zero-order valence-electron chi connectivity index (χ0n) is 9.83. The predicted molar refractivity (Wildman–Crippen MR) is 60.5 cm³/mol. The smallest absolute Gasteiger partial charge is 0.225 e. The summed E-state index contributed by atoms with van der Waals surface area (Å²) in [5.41, 5.74) is 0. The molecule has 3 unspecified atom stereocenters. The fourth-order valence-electron chi connectivity index (χ4n) is 2.72. The van der Waals surface area contributed by atoms with Gasteiger partial charge in [0.15, 0.2) is 0 Å². The normalized spacial score (nSPS) is 32.5. The van der Waals surface area contributed by atoms with E-state index >= 15 is 0 Å². The Balaban J connectivity index is 1.92. The molecular formula is C12H22N2O. The molecule has 2 aliphatic rings. The molecule has 15 heavy (non-hydrogen) atoms. The molecule has 0 bridgehead atoms. The number of nitrogens with zero attached hydrogens (tertiary/aromatic N) is 1. The maximum Gasteiger partial charge on any atom is 0.225 e. The van der Waals surface area contributed by atoms with Crippen LogP contribution >= 0.6 is 0 Å². The van der Waals surface area contributed by atoms with Gasteiger partial charge in [0.25, 0.3) is 0 Å². The highest BCUT2D eigenvalue weighted by atomic mass is 16.2. The maximum absolute atomic E-state index is 12.0. The largest absolute Gasteiger partial charge is 0.342 e. The number of hydrogen-bond donors (Lipinski definition) is 1. The Morgan fingerprint density at radius 3 is 2.93 bits per heavy atom. The zero-order chi connectivity index (χ0) is 10.8. The van der Waals surface area contributed by atoms with Crippen molar-refractivity contribution in [1.82, 2.24) is 10.2 Å². The number of piperidine rings is 1. The van der Waals surface area contributed by atoms with Crippen LogP contribution in [0.5, 0.6) is 0 Å². The average Bonchev–Trinajstić information content (AvgIpc) is 2.73. The molecule has 1 N–H and O–H groups in total. The van der Waals surface area contributed by atoms with Gasteiger partial charge in [-0.1, -0.05) is 13.8 Å². The van der Waals surface area contributed by atoms with E-state index in [4.69, 9.17) is 0 Å². The molecule has 86 valence electrons. The second kappa shape index (κ2) is 4.52. The second-order valence-corrected chi connectivity index (χ2v) is 5.06. The van der Waals surface area contributed by atoms with E-state index in [-0.39, 0.29) is 5.92 Å². The van der Waals surface area contributed by atoms with Crippen LogP contribution in [0.4, 0.5) is 0 Å². The lowest BCUT2D eigenvalue weighted by molar-refractivity contribution is -0.137. The minimum atomic E-state index is 0.205. The SMILES string of the molecule is CCC(C)C(=O)N1CCC2CNCC2C1. The van der Waals surface area contributed by atoms with Gasteiger partial charge in [0, 0.05) is 19.0 Å². The Morgan fingerprint density at radius 1 is 1.47 bits per heavy atom. The molecule has 0 aromatic heterocycles. The van der Waals surface area contributed by atoms with Crippen molar-refractivity contribution in [2.45, 2.75) is 26.7 Å². The number of fused-ring (bicyclic) bond motifs is 1. The summed E-state index contributed by atoms with van der Waals surface area (Å²) in [6.07, 6.45) is 2.15. The molecule has 0 radical (unpaired) electrons. The highest BCUT2D eigenvalue weighted by molar-refractivity contribution is 5.78. The molecule has 0 spiro atoms. The van der Waals surface area contributed by atoms with Gasteiger partial charge >= 0.3 is 0 Å². The van der Waals surface area contributed by atoms with Crippen molar-refractivity contribution in [3.05, 3.63) is 0 Å². The fourth-order valence-corrected chi connectivity index (χ4v) is 2.72. The standard InChI is InChI=1S/C12H22N2O/c1-3-9(2)12(15)14-5-4-10-6-13-7-11(10)8-14/h9-11,13H,3-8H2,1-2H3. The summed E-state index contributed by atoms with van der Waals surface area (Å²) in [6.45, 7) is 8.37. The highest BCUT2D eigenvalue weighted by Crippen LogP contribution is 2.27. The summed E-state index contributed by atoms with van der Waals surface area (Å²) in [4.78, 5) is 14.1. The van der Waals surface area contributed by atoms with Crippen LogP contribution in [-0.2, 0) is 4.79 Å². The number of amides is 1. The van der Waals surface area contributed by atoms with E-state index in [9.17, 15) is 4.79 Å². The molecule has 3 atom stereocenters. The van der Waals surface area contributed by atoms with Crippen molar-refractivity contribution in [2.24, 2.45) is 17.8 Å². The number of rotatable bonds is 2. The van der Waals surface area contributed by atoms with Gasteiger partial charge in [-0.2, -0.15) is 0 Å². The van der Waals surface area contributed by atoms with E-state index in [0.717, 1.165) is 38.5 Å². The van der Waals surface area contributed by atoms with Gasteiger partial charge in [0.2, 0.25) is 5.91 Å². The van der Waals surface area contributed by atoms with Gasteiger partial charge in [-0.25, -0.2) is 0 Å². The van der Waals surface area contributed by atoms with E-state index < -0.39 is 0 Å². The third kappa shape index (κ3) is 2.17. The van der Waals surface area contributed by atoms with Crippen LogP contribution < -0.4 is 5.32 Å². The molecule has 1 amide bonds. The number of nitrogens with one attached hydrogen (secondary N) is 1. The highest BCUT2D eigenvalue weighted by Gasteiger charge is 2.35. The van der Waals surface area contributed by atoms with Crippen molar-refractivity contribution >= 4 is 5.91 Å². The van der Waals surface area contributed by atoms with Crippen molar-refractivity contribution in [3.63, 3.8) is 0 Å². The quantitative estimate of drug-likeness (QED) is 0.740. The minimum Gasteiger partial charge on any atom is -0.342 e. The average molecular weight is 210 g/mol. The van der Waals surface area contributed by atoms with Crippen LogP contribution in [0.3, 0.4) is 0 Å². The molecule has 2 aliphatic heterocycles. The molecule has 0 aromatic rings. The van der Waals surface area contributed by atoms with Gasteiger partial charge in [0.1, 0.15) is 0 Å². The molecule has 2 heterocycles. The molecule has 3 nitrogen and oxygen atoms in total. The first-order valence-corrected chi connectivity index (χ1v) is 6.22. The third-order valence-corrected chi connectivity index (χ3v) is 4.05. The van der Waals surface area contributed by atoms with Crippen molar-refractivity contribution in [2.75, 3.05) is 26.2 Å². The summed E-state index contributed by atoms with van der Waals surface area (Å²) in [7, 11) is 0. The van der Waals surface area contributed by atoms with Crippen molar-refractivity contribution in [1.29, 1.82) is 0 Å². The summed E-state index contributed by atoms with van der Waals surface area (Å²) in [5, 5.41) is 3.43. The number of carbonyl (C=O) groups excluding carboxylic acids is 1. The Hall–Kier alpha value is -0.570. The van der Waals surface area contributed by atoms with Gasteiger partial charge in [-0.3, -0.25) is 4.79 Å². The maximum atomic E-state index is 12.0. The Kier molecular flexibility index (Phi) is 3.29. The van der Waals surface area contributed by atoms with Crippen LogP contribution in [0.2, 0.25) is 0 Å². The van der Waals surface area contributed by atoms with Crippen LogP contribution in [0.15, 0.2) is 0 Å². The summed E-state index contributed by atoms with van der Waals surface area (Å²) in [5.74, 6) is 2.11. The minimum absolute atomic E-state index is 0.205. The van der Waals surface area contributed by atoms with Crippen molar-refractivity contribution < 1.29 is 4.79 Å².